The number of nitrogens with one attached hydrogen (secondary N) is 2. The highest BCUT2D eigenvalue weighted by molar-refractivity contribution is 6.45. The average molecular weight is 456 g/mol. The minimum atomic E-state index is -0.945. The van der Waals surface area contributed by atoms with Crippen LogP contribution in [0.25, 0.3) is 0 Å². The SMILES string of the molecule is Cc1ccccc1COc1cccc(/C=N/NC(=O)C(=O)Nc2cccc(Cl)c2Cl)c1. The summed E-state index contributed by atoms with van der Waals surface area (Å²) in [4.78, 5) is 24.0. The molecule has 0 aliphatic carbocycles. The van der Waals surface area contributed by atoms with E-state index < -0.39 is 11.8 Å². The summed E-state index contributed by atoms with van der Waals surface area (Å²) >= 11 is 11.9. The first-order chi connectivity index (χ1) is 14.9. The predicted octanol–water partition coefficient (Wildman–Crippen LogP) is 4.97. The number of aryl methyl sites for hydroxylation is 1. The predicted molar refractivity (Wildman–Crippen MR) is 123 cm³/mol. The number of amides is 2. The van der Waals surface area contributed by atoms with Crippen molar-refractivity contribution >= 4 is 46.9 Å². The molecule has 3 rings (SSSR count). The second-order valence-electron chi connectivity index (χ2n) is 6.54. The van der Waals surface area contributed by atoms with Crippen molar-refractivity contribution in [1.29, 1.82) is 0 Å². The van der Waals surface area contributed by atoms with Gasteiger partial charge in [0.15, 0.2) is 0 Å². The third-order valence-electron chi connectivity index (χ3n) is 4.30. The van der Waals surface area contributed by atoms with E-state index in [1.54, 1.807) is 24.3 Å². The van der Waals surface area contributed by atoms with Gasteiger partial charge in [0, 0.05) is 0 Å². The Balaban J connectivity index is 1.55. The van der Waals surface area contributed by atoms with Gasteiger partial charge in [0.2, 0.25) is 0 Å². The molecule has 0 aliphatic rings. The largest absolute Gasteiger partial charge is 0.489 e. The molecule has 31 heavy (non-hydrogen) atoms. The van der Waals surface area contributed by atoms with Gasteiger partial charge in [-0.15, -0.1) is 0 Å². The Morgan fingerprint density at radius 3 is 2.58 bits per heavy atom. The van der Waals surface area contributed by atoms with Crippen LogP contribution in [0.2, 0.25) is 10.0 Å². The van der Waals surface area contributed by atoms with Crippen LogP contribution in [0.4, 0.5) is 5.69 Å². The normalized spacial score (nSPS) is 10.7. The minimum absolute atomic E-state index is 0.149. The van der Waals surface area contributed by atoms with Gasteiger partial charge in [-0.05, 0) is 47.9 Å². The van der Waals surface area contributed by atoms with E-state index in [0.717, 1.165) is 11.1 Å². The lowest BCUT2D eigenvalue weighted by molar-refractivity contribution is -0.136. The van der Waals surface area contributed by atoms with Crippen molar-refractivity contribution in [2.75, 3.05) is 5.32 Å². The number of hydrazone groups is 1. The Hall–Kier alpha value is -3.35. The Labute approximate surface area is 189 Å². The summed E-state index contributed by atoms with van der Waals surface area (Å²) in [5.41, 5.74) is 5.35. The number of halogens is 2. The van der Waals surface area contributed by atoms with Crippen molar-refractivity contribution in [3.63, 3.8) is 0 Å². The second kappa shape index (κ2) is 10.6. The second-order valence-corrected chi connectivity index (χ2v) is 7.33. The molecule has 0 radical (unpaired) electrons. The molecule has 0 spiro atoms. The fourth-order valence-corrected chi connectivity index (χ4v) is 2.96. The molecule has 3 aromatic carbocycles. The van der Waals surface area contributed by atoms with Crippen molar-refractivity contribution in [3.8, 4) is 5.75 Å². The van der Waals surface area contributed by atoms with Crippen LogP contribution in [-0.2, 0) is 16.2 Å². The molecule has 2 N–H and O–H groups in total. The van der Waals surface area contributed by atoms with Gasteiger partial charge in [-0.3, -0.25) is 9.59 Å². The summed E-state index contributed by atoms with van der Waals surface area (Å²) in [6, 6.07) is 19.9. The number of nitrogens with zero attached hydrogens (tertiary/aromatic N) is 1. The standard InChI is InChI=1S/C23H19Cl2N3O3/c1-15-6-2-3-8-17(15)14-31-18-9-4-7-16(12-18)13-26-28-23(30)22(29)27-20-11-5-10-19(24)21(20)25/h2-13H,14H2,1H3,(H,27,29)(H,28,30)/b26-13+. The van der Waals surface area contributed by atoms with E-state index in [1.165, 1.54) is 12.3 Å². The molecule has 0 saturated heterocycles. The zero-order valence-electron chi connectivity index (χ0n) is 16.6. The van der Waals surface area contributed by atoms with Crippen LogP contribution in [0.5, 0.6) is 5.75 Å². The van der Waals surface area contributed by atoms with E-state index >= 15 is 0 Å². The molecular weight excluding hydrogens is 437 g/mol. The molecular formula is C23H19Cl2N3O3. The Kier molecular flexibility index (Phi) is 7.65. The zero-order valence-corrected chi connectivity index (χ0v) is 18.1. The molecule has 0 bridgehead atoms. The summed E-state index contributed by atoms with van der Waals surface area (Å²) in [7, 11) is 0. The average Bonchev–Trinajstić information content (AvgIpc) is 2.76. The maximum Gasteiger partial charge on any atom is 0.329 e. The van der Waals surface area contributed by atoms with E-state index in [4.69, 9.17) is 27.9 Å². The molecule has 0 unspecified atom stereocenters. The van der Waals surface area contributed by atoms with Crippen molar-refractivity contribution in [1.82, 2.24) is 5.43 Å². The van der Waals surface area contributed by atoms with E-state index in [1.807, 2.05) is 43.3 Å². The van der Waals surface area contributed by atoms with E-state index in [0.29, 0.717) is 17.9 Å². The van der Waals surface area contributed by atoms with Gasteiger partial charge in [-0.1, -0.05) is 65.7 Å². The quantitative estimate of drug-likeness (QED) is 0.312. The van der Waals surface area contributed by atoms with Gasteiger partial charge < -0.3 is 10.1 Å². The van der Waals surface area contributed by atoms with E-state index in [-0.39, 0.29) is 15.7 Å². The van der Waals surface area contributed by atoms with E-state index in [9.17, 15) is 9.59 Å². The first-order valence-electron chi connectivity index (χ1n) is 9.30. The topological polar surface area (TPSA) is 79.8 Å². The summed E-state index contributed by atoms with van der Waals surface area (Å²) < 4.78 is 5.83. The fourth-order valence-electron chi connectivity index (χ4n) is 2.61. The number of ether oxygens (including phenoxy) is 1. The van der Waals surface area contributed by atoms with Gasteiger partial charge in [0.05, 0.1) is 21.9 Å². The highest BCUT2D eigenvalue weighted by Crippen LogP contribution is 2.29. The van der Waals surface area contributed by atoms with Crippen molar-refractivity contribution in [2.45, 2.75) is 13.5 Å². The van der Waals surface area contributed by atoms with Crippen LogP contribution in [0.1, 0.15) is 16.7 Å². The third kappa shape index (κ3) is 6.31. The highest BCUT2D eigenvalue weighted by Gasteiger charge is 2.15. The maximum atomic E-state index is 12.0. The van der Waals surface area contributed by atoms with E-state index in [2.05, 4.69) is 15.8 Å². The number of anilines is 1. The number of hydrogen-bond acceptors (Lipinski definition) is 4. The van der Waals surface area contributed by atoms with Crippen LogP contribution < -0.4 is 15.5 Å². The zero-order chi connectivity index (χ0) is 22.2. The number of hydrogen-bond donors (Lipinski definition) is 2. The van der Waals surface area contributed by atoms with Gasteiger partial charge >= 0.3 is 11.8 Å². The number of rotatable bonds is 6. The van der Waals surface area contributed by atoms with Gasteiger partial charge in [0.25, 0.3) is 0 Å². The fraction of sp³-hybridized carbons (Fsp3) is 0.0870. The van der Waals surface area contributed by atoms with Gasteiger partial charge in [-0.2, -0.15) is 5.10 Å². The lowest BCUT2D eigenvalue weighted by atomic mass is 10.1. The lowest BCUT2D eigenvalue weighted by Gasteiger charge is -2.09. The molecule has 0 heterocycles. The van der Waals surface area contributed by atoms with Crippen molar-refractivity contribution < 1.29 is 14.3 Å². The third-order valence-corrected chi connectivity index (χ3v) is 5.12. The molecule has 6 nitrogen and oxygen atoms in total. The summed E-state index contributed by atoms with van der Waals surface area (Å²) in [5, 5.41) is 6.62. The molecule has 0 aliphatic heterocycles. The van der Waals surface area contributed by atoms with Gasteiger partial charge in [-0.25, -0.2) is 5.43 Å². The van der Waals surface area contributed by atoms with Gasteiger partial charge in [0.1, 0.15) is 12.4 Å². The molecule has 0 atom stereocenters. The lowest BCUT2D eigenvalue weighted by Crippen LogP contribution is -2.32. The molecule has 0 aromatic heterocycles. The number of benzene rings is 3. The first-order valence-corrected chi connectivity index (χ1v) is 10.1. The smallest absolute Gasteiger partial charge is 0.329 e. The van der Waals surface area contributed by atoms with Crippen molar-refractivity contribution in [3.05, 3.63) is 93.5 Å². The number of carbonyl (C=O) groups is 2. The van der Waals surface area contributed by atoms with Crippen molar-refractivity contribution in [2.24, 2.45) is 5.10 Å². The van der Waals surface area contributed by atoms with Crippen LogP contribution in [0, 0.1) is 6.92 Å². The summed E-state index contributed by atoms with van der Waals surface area (Å²) in [6.45, 7) is 2.47. The Morgan fingerprint density at radius 2 is 1.77 bits per heavy atom. The summed E-state index contributed by atoms with van der Waals surface area (Å²) in [6.07, 6.45) is 1.41. The maximum absolute atomic E-state index is 12.0. The molecule has 0 saturated carbocycles. The monoisotopic (exact) mass is 455 g/mol. The van der Waals surface area contributed by atoms with Crippen LogP contribution in [0.15, 0.2) is 71.8 Å². The number of carbonyl (C=O) groups excluding carboxylic acids is 2. The van der Waals surface area contributed by atoms with Crippen LogP contribution in [0.3, 0.4) is 0 Å². The minimum Gasteiger partial charge on any atom is -0.489 e. The molecule has 8 heteroatoms. The highest BCUT2D eigenvalue weighted by atomic mass is 35.5. The summed E-state index contributed by atoms with van der Waals surface area (Å²) in [5.74, 6) is -1.21. The molecule has 2 amide bonds. The molecule has 0 fully saturated rings. The Morgan fingerprint density at radius 1 is 1.00 bits per heavy atom. The first kappa shape index (κ1) is 22.3. The van der Waals surface area contributed by atoms with Crippen LogP contribution in [-0.4, -0.2) is 18.0 Å². The Bertz CT molecular complexity index is 1130. The molecule has 158 valence electrons. The molecule has 3 aromatic rings. The van der Waals surface area contributed by atoms with Crippen LogP contribution >= 0.6 is 23.2 Å².